The monoisotopic (exact) mass is 438 g/mol. The van der Waals surface area contributed by atoms with Gasteiger partial charge >= 0.3 is 5.97 Å². The second-order valence-corrected chi connectivity index (χ2v) is 9.90. The van der Waals surface area contributed by atoms with Crippen LogP contribution in [0.2, 0.25) is 0 Å². The first-order chi connectivity index (χ1) is 13.9. The molecule has 2 atom stereocenters. The average Bonchev–Trinajstić information content (AvgIpc) is 2.68. The minimum absolute atomic E-state index is 0. The maximum absolute atomic E-state index is 13.5. The van der Waals surface area contributed by atoms with Crippen LogP contribution < -0.4 is 5.32 Å². The number of nitrogens with one attached hydrogen (secondary N) is 1. The number of rotatable bonds is 8. The van der Waals surface area contributed by atoms with Crippen LogP contribution in [0.3, 0.4) is 0 Å². The Morgan fingerprint density at radius 2 is 1.68 bits per heavy atom. The summed E-state index contributed by atoms with van der Waals surface area (Å²) < 4.78 is 5.08. The lowest BCUT2D eigenvalue weighted by Gasteiger charge is -2.38. The number of hydrogen-bond donors (Lipinski definition) is 1. The lowest BCUT2D eigenvalue weighted by molar-refractivity contribution is -0.141. The van der Waals surface area contributed by atoms with Crippen LogP contribution in [0, 0.1) is 17.3 Å². The van der Waals surface area contributed by atoms with E-state index in [1.807, 2.05) is 34.6 Å². The molecule has 1 aliphatic carbocycles. The van der Waals surface area contributed by atoms with Gasteiger partial charge in [0.15, 0.2) is 0 Å². The summed E-state index contributed by atoms with van der Waals surface area (Å²) in [6.07, 6.45) is 6.89. The number of esters is 1. The van der Waals surface area contributed by atoms with Crippen molar-refractivity contribution in [1.82, 2.24) is 10.2 Å². The van der Waals surface area contributed by atoms with Gasteiger partial charge in [0.1, 0.15) is 6.04 Å². The van der Waals surface area contributed by atoms with Crippen molar-refractivity contribution in [2.75, 3.05) is 13.7 Å². The van der Waals surface area contributed by atoms with Crippen molar-refractivity contribution in [2.45, 2.75) is 100 Å². The zero-order chi connectivity index (χ0) is 23.1. The molecule has 0 heterocycles. The Bertz CT molecular complexity index is 628. The molecule has 1 N–H and O–H groups in total. The van der Waals surface area contributed by atoms with Gasteiger partial charge in [-0.05, 0) is 38.0 Å². The lowest BCUT2D eigenvalue weighted by Crippen LogP contribution is -2.57. The van der Waals surface area contributed by atoms with E-state index >= 15 is 0 Å². The SMILES string of the molecule is C.CCOC(=O)/C(C)=C/[C@H](C(C)C)N(C)C(=O)[C@@H](NC(=O)C1CCCCC1)C(C)(C)C. The Balaban J connectivity index is 0.00000900. The van der Waals surface area contributed by atoms with E-state index in [9.17, 15) is 14.4 Å². The van der Waals surface area contributed by atoms with Crippen LogP contribution in [0.25, 0.3) is 0 Å². The molecule has 0 bridgehead atoms. The third-order valence-corrected chi connectivity index (χ3v) is 5.87. The first kappa shape index (κ1) is 29.1. The quantitative estimate of drug-likeness (QED) is 0.439. The molecule has 0 unspecified atom stereocenters. The summed E-state index contributed by atoms with van der Waals surface area (Å²) in [5.74, 6) is -0.442. The molecule has 0 aliphatic heterocycles. The highest BCUT2D eigenvalue weighted by atomic mass is 16.5. The molecule has 0 radical (unpaired) electrons. The summed E-state index contributed by atoms with van der Waals surface area (Å²) in [6, 6.07) is -0.909. The minimum Gasteiger partial charge on any atom is -0.463 e. The van der Waals surface area contributed by atoms with E-state index < -0.39 is 11.5 Å². The number of carbonyl (C=O) groups excluding carboxylic acids is 3. The Labute approximate surface area is 190 Å². The number of likely N-dealkylation sites (N-methyl/N-ethyl adjacent to an activating group) is 1. The standard InChI is InChI=1S/C24H42N2O4.CH4/c1-9-30-23(29)17(4)15-19(16(2)3)26(8)22(28)20(24(5,6)7)25-21(27)18-13-11-10-12-14-18;/h15-16,18-20H,9-14H2,1-8H3,(H,25,27);1H4/b17-15+;/t19-,20-;/m1./s1. The van der Waals surface area contributed by atoms with Crippen LogP contribution in [0.15, 0.2) is 11.6 Å². The Morgan fingerprint density at radius 3 is 2.13 bits per heavy atom. The van der Waals surface area contributed by atoms with Crippen LogP contribution in [-0.4, -0.2) is 48.4 Å². The van der Waals surface area contributed by atoms with Crippen molar-refractivity contribution < 1.29 is 19.1 Å². The summed E-state index contributed by atoms with van der Waals surface area (Å²) in [7, 11) is 1.74. The zero-order valence-electron chi connectivity index (χ0n) is 20.2. The second-order valence-electron chi connectivity index (χ2n) is 9.90. The van der Waals surface area contributed by atoms with Crippen molar-refractivity contribution >= 4 is 17.8 Å². The normalized spacial score (nSPS) is 17.4. The number of carbonyl (C=O) groups is 3. The number of nitrogens with zero attached hydrogens (tertiary/aromatic N) is 1. The molecule has 1 rings (SSSR count). The summed E-state index contributed by atoms with van der Waals surface area (Å²) in [5, 5.41) is 3.06. The Hall–Kier alpha value is -1.85. The summed E-state index contributed by atoms with van der Waals surface area (Å²) >= 11 is 0. The van der Waals surface area contributed by atoms with Gasteiger partial charge in [0, 0.05) is 18.5 Å². The molecule has 0 aromatic rings. The largest absolute Gasteiger partial charge is 0.463 e. The minimum atomic E-state index is -0.630. The summed E-state index contributed by atoms with van der Waals surface area (Å²) in [6.45, 7) is 13.7. The fraction of sp³-hybridized carbons (Fsp3) is 0.800. The van der Waals surface area contributed by atoms with E-state index in [2.05, 4.69) is 5.32 Å². The maximum atomic E-state index is 13.5. The van der Waals surface area contributed by atoms with Gasteiger partial charge in [-0.1, -0.05) is 67.4 Å². The van der Waals surface area contributed by atoms with E-state index in [1.165, 1.54) is 6.42 Å². The number of ether oxygens (including phenoxy) is 1. The third-order valence-electron chi connectivity index (χ3n) is 5.87. The Kier molecular flexibility index (Phi) is 12.1. The first-order valence-corrected chi connectivity index (χ1v) is 11.3. The second kappa shape index (κ2) is 12.9. The predicted molar refractivity (Wildman–Crippen MR) is 126 cm³/mol. The van der Waals surface area contributed by atoms with Crippen LogP contribution in [0.4, 0.5) is 0 Å². The van der Waals surface area contributed by atoms with Crippen molar-refractivity contribution in [3.63, 3.8) is 0 Å². The van der Waals surface area contributed by atoms with Gasteiger partial charge in [-0.3, -0.25) is 9.59 Å². The predicted octanol–water partition coefficient (Wildman–Crippen LogP) is 4.73. The fourth-order valence-electron chi connectivity index (χ4n) is 3.94. The molecule has 0 aromatic carbocycles. The molecule has 6 nitrogen and oxygen atoms in total. The molecule has 0 spiro atoms. The highest BCUT2D eigenvalue weighted by Gasteiger charge is 2.38. The molecule has 1 saturated carbocycles. The van der Waals surface area contributed by atoms with Crippen LogP contribution in [0.1, 0.15) is 88.0 Å². The van der Waals surface area contributed by atoms with Crippen molar-refractivity contribution in [1.29, 1.82) is 0 Å². The van der Waals surface area contributed by atoms with E-state index in [4.69, 9.17) is 4.74 Å². The topological polar surface area (TPSA) is 75.7 Å². The molecule has 1 fully saturated rings. The van der Waals surface area contributed by atoms with E-state index in [0.29, 0.717) is 12.2 Å². The van der Waals surface area contributed by atoms with E-state index in [0.717, 1.165) is 25.7 Å². The molecule has 1 aliphatic rings. The van der Waals surface area contributed by atoms with Gasteiger partial charge < -0.3 is 15.0 Å². The van der Waals surface area contributed by atoms with Crippen molar-refractivity contribution in [3.05, 3.63) is 11.6 Å². The van der Waals surface area contributed by atoms with Gasteiger partial charge in [-0.15, -0.1) is 0 Å². The molecule has 180 valence electrons. The van der Waals surface area contributed by atoms with E-state index in [-0.39, 0.29) is 43.1 Å². The smallest absolute Gasteiger partial charge is 0.333 e. The van der Waals surface area contributed by atoms with Crippen LogP contribution >= 0.6 is 0 Å². The van der Waals surface area contributed by atoms with Crippen molar-refractivity contribution in [3.8, 4) is 0 Å². The third kappa shape index (κ3) is 8.66. The number of amides is 2. The van der Waals surface area contributed by atoms with Crippen LogP contribution in [-0.2, 0) is 19.1 Å². The number of hydrogen-bond acceptors (Lipinski definition) is 4. The maximum Gasteiger partial charge on any atom is 0.333 e. The van der Waals surface area contributed by atoms with Gasteiger partial charge in [-0.25, -0.2) is 4.79 Å². The molecule has 0 aromatic heterocycles. The molecular formula is C25H46N2O4. The first-order valence-electron chi connectivity index (χ1n) is 11.3. The highest BCUT2D eigenvalue weighted by Crippen LogP contribution is 2.27. The molecule has 6 heteroatoms. The van der Waals surface area contributed by atoms with Gasteiger partial charge in [0.25, 0.3) is 0 Å². The Morgan fingerprint density at radius 1 is 1.13 bits per heavy atom. The average molecular weight is 439 g/mol. The lowest BCUT2D eigenvalue weighted by atomic mass is 9.83. The van der Waals surface area contributed by atoms with Crippen molar-refractivity contribution in [2.24, 2.45) is 17.3 Å². The zero-order valence-corrected chi connectivity index (χ0v) is 20.2. The summed E-state index contributed by atoms with van der Waals surface area (Å²) in [5.41, 5.74) is 0.0469. The molecule has 0 saturated heterocycles. The molecular weight excluding hydrogens is 392 g/mol. The highest BCUT2D eigenvalue weighted by molar-refractivity contribution is 5.90. The molecule has 2 amide bonds. The summed E-state index contributed by atoms with van der Waals surface area (Å²) in [4.78, 5) is 40.1. The van der Waals surface area contributed by atoms with Crippen LogP contribution in [0.5, 0.6) is 0 Å². The van der Waals surface area contributed by atoms with Gasteiger partial charge in [-0.2, -0.15) is 0 Å². The fourth-order valence-corrected chi connectivity index (χ4v) is 3.94. The van der Waals surface area contributed by atoms with E-state index in [1.54, 1.807) is 31.9 Å². The molecule has 31 heavy (non-hydrogen) atoms. The van der Waals surface area contributed by atoms with Gasteiger partial charge in [0.2, 0.25) is 11.8 Å². The van der Waals surface area contributed by atoms with Gasteiger partial charge in [0.05, 0.1) is 12.6 Å².